The second-order valence-electron chi connectivity index (χ2n) is 7.76. The largest absolute Gasteiger partial charge is 0.444 e. The number of aliphatic hydroxyl groups is 1. The first kappa shape index (κ1) is 23.4. The zero-order valence-corrected chi connectivity index (χ0v) is 18.4. The summed E-state index contributed by atoms with van der Waals surface area (Å²) in [5.74, 6) is -0.193. The van der Waals surface area contributed by atoms with E-state index in [0.717, 1.165) is 6.07 Å². The lowest BCUT2D eigenvalue weighted by Crippen LogP contribution is -2.43. The fourth-order valence-corrected chi connectivity index (χ4v) is 2.66. The fourth-order valence-electron chi connectivity index (χ4n) is 2.52. The maximum atomic E-state index is 13.8. The third kappa shape index (κ3) is 6.59. The number of carbonyl (C=O) groups excluding carboxylic acids is 1. The van der Waals surface area contributed by atoms with E-state index in [1.807, 2.05) is 0 Å². The lowest BCUT2D eigenvalue weighted by Gasteiger charge is -2.22. The molecule has 1 aromatic carbocycles. The molecule has 1 atom stereocenters. The molecule has 3 aromatic rings. The second-order valence-corrected chi connectivity index (χ2v) is 8.20. The highest BCUT2D eigenvalue weighted by Crippen LogP contribution is 2.26. The standard InChI is InChI=1S/C20H22ClFN6O4/c1-20(2,3)32-19(30)24-14(11-29)10-28-26-17(25-27-28)12-4-6-15(7-5-12)31-18-16(22)8-13(21)9-23-18/h4-9,14,29H,10-11H2,1-3H3,(H,24,30)/t14-/m1/s1. The van der Waals surface area contributed by atoms with Crippen LogP contribution in [0.5, 0.6) is 11.6 Å². The number of carbonyl (C=O) groups is 1. The van der Waals surface area contributed by atoms with Crippen molar-refractivity contribution in [2.75, 3.05) is 6.61 Å². The molecule has 2 N–H and O–H groups in total. The summed E-state index contributed by atoms with van der Waals surface area (Å²) in [4.78, 5) is 17.0. The molecular weight excluding hydrogens is 443 g/mol. The van der Waals surface area contributed by atoms with E-state index in [4.69, 9.17) is 21.1 Å². The van der Waals surface area contributed by atoms with Crippen LogP contribution in [0.4, 0.5) is 9.18 Å². The number of alkyl carbamates (subject to hydrolysis) is 1. The van der Waals surface area contributed by atoms with Crippen LogP contribution in [-0.2, 0) is 11.3 Å². The van der Waals surface area contributed by atoms with Crippen molar-refractivity contribution in [2.45, 2.75) is 39.0 Å². The van der Waals surface area contributed by atoms with Crippen molar-refractivity contribution < 1.29 is 23.8 Å². The summed E-state index contributed by atoms with van der Waals surface area (Å²) < 4.78 is 24.4. The number of tetrazole rings is 1. The topological polar surface area (TPSA) is 124 Å². The number of nitrogens with one attached hydrogen (secondary N) is 1. The average molecular weight is 465 g/mol. The number of hydrogen-bond donors (Lipinski definition) is 2. The minimum Gasteiger partial charge on any atom is -0.444 e. The van der Waals surface area contributed by atoms with Gasteiger partial charge < -0.3 is 19.9 Å². The van der Waals surface area contributed by atoms with Gasteiger partial charge in [-0.3, -0.25) is 0 Å². The summed E-state index contributed by atoms with van der Waals surface area (Å²) in [5, 5.41) is 24.4. The summed E-state index contributed by atoms with van der Waals surface area (Å²) in [7, 11) is 0. The molecule has 0 saturated heterocycles. The molecule has 12 heteroatoms. The number of amides is 1. The zero-order chi connectivity index (χ0) is 23.3. The first-order valence-corrected chi connectivity index (χ1v) is 9.98. The number of halogens is 2. The van der Waals surface area contributed by atoms with Gasteiger partial charge in [-0.1, -0.05) is 11.6 Å². The zero-order valence-electron chi connectivity index (χ0n) is 17.6. The van der Waals surface area contributed by atoms with Crippen LogP contribution in [0, 0.1) is 5.82 Å². The predicted molar refractivity (Wildman–Crippen MR) is 113 cm³/mol. The molecule has 0 bridgehead atoms. The van der Waals surface area contributed by atoms with Crippen molar-refractivity contribution in [3.63, 3.8) is 0 Å². The molecular formula is C20H22ClFN6O4. The van der Waals surface area contributed by atoms with Crippen molar-refractivity contribution in [3.8, 4) is 23.0 Å². The quantitative estimate of drug-likeness (QED) is 0.546. The van der Waals surface area contributed by atoms with E-state index >= 15 is 0 Å². The molecule has 0 spiro atoms. The number of nitrogens with zero attached hydrogens (tertiary/aromatic N) is 5. The Morgan fingerprint density at radius 3 is 2.66 bits per heavy atom. The van der Waals surface area contributed by atoms with E-state index in [1.165, 1.54) is 11.0 Å². The molecule has 0 aliphatic carbocycles. The minimum atomic E-state index is -0.676. The van der Waals surface area contributed by atoms with Crippen LogP contribution in [0.2, 0.25) is 5.02 Å². The van der Waals surface area contributed by atoms with Crippen LogP contribution in [0.25, 0.3) is 11.4 Å². The van der Waals surface area contributed by atoms with Gasteiger partial charge in [-0.25, -0.2) is 14.2 Å². The predicted octanol–water partition coefficient (Wildman–Crippen LogP) is 3.21. The third-order valence-corrected chi connectivity index (χ3v) is 4.09. The van der Waals surface area contributed by atoms with Crippen LogP contribution in [0.1, 0.15) is 20.8 Å². The highest BCUT2D eigenvalue weighted by Gasteiger charge is 2.20. The van der Waals surface area contributed by atoms with Gasteiger partial charge in [-0.15, -0.1) is 10.2 Å². The average Bonchev–Trinajstić information content (AvgIpc) is 3.17. The van der Waals surface area contributed by atoms with Gasteiger partial charge in [0, 0.05) is 11.8 Å². The van der Waals surface area contributed by atoms with E-state index < -0.39 is 23.6 Å². The van der Waals surface area contributed by atoms with E-state index in [2.05, 4.69) is 25.7 Å². The van der Waals surface area contributed by atoms with E-state index in [-0.39, 0.29) is 24.1 Å². The molecule has 0 unspecified atom stereocenters. The van der Waals surface area contributed by atoms with Gasteiger partial charge in [0.1, 0.15) is 11.4 Å². The normalized spacial score (nSPS) is 12.3. The number of rotatable bonds is 7. The Morgan fingerprint density at radius 2 is 2.03 bits per heavy atom. The number of pyridine rings is 1. The Hall–Kier alpha value is -3.31. The Morgan fingerprint density at radius 1 is 1.31 bits per heavy atom. The molecule has 32 heavy (non-hydrogen) atoms. The highest BCUT2D eigenvalue weighted by atomic mass is 35.5. The maximum Gasteiger partial charge on any atom is 0.408 e. The summed E-state index contributed by atoms with van der Waals surface area (Å²) in [6.45, 7) is 4.97. The van der Waals surface area contributed by atoms with Gasteiger partial charge in [-0.2, -0.15) is 4.80 Å². The fraction of sp³-hybridized carbons (Fsp3) is 0.350. The SMILES string of the molecule is CC(C)(C)OC(=O)N[C@@H](CO)Cn1nnc(-c2ccc(Oc3ncc(Cl)cc3F)cc2)n1. The van der Waals surface area contributed by atoms with Crippen LogP contribution in [-0.4, -0.2) is 54.6 Å². The molecule has 0 fully saturated rings. The van der Waals surface area contributed by atoms with Gasteiger partial charge >= 0.3 is 6.09 Å². The Balaban J connectivity index is 1.62. The van der Waals surface area contributed by atoms with E-state index in [9.17, 15) is 14.3 Å². The van der Waals surface area contributed by atoms with Crippen LogP contribution in [0.15, 0.2) is 36.5 Å². The van der Waals surface area contributed by atoms with E-state index in [1.54, 1.807) is 45.0 Å². The van der Waals surface area contributed by atoms with Crippen molar-refractivity contribution >= 4 is 17.7 Å². The molecule has 170 valence electrons. The van der Waals surface area contributed by atoms with Crippen LogP contribution >= 0.6 is 11.6 Å². The summed E-state index contributed by atoms with van der Waals surface area (Å²) >= 11 is 5.68. The summed E-state index contributed by atoms with van der Waals surface area (Å²) in [6, 6.07) is 7.00. The first-order valence-electron chi connectivity index (χ1n) is 9.60. The lowest BCUT2D eigenvalue weighted by atomic mass is 10.2. The molecule has 1 amide bonds. The molecule has 0 saturated carbocycles. The van der Waals surface area contributed by atoms with Crippen molar-refractivity contribution in [1.29, 1.82) is 0 Å². The number of benzene rings is 1. The number of aromatic nitrogens is 5. The Labute approximate surface area is 188 Å². The molecule has 3 rings (SSSR count). The lowest BCUT2D eigenvalue weighted by molar-refractivity contribution is 0.0472. The number of hydrogen-bond acceptors (Lipinski definition) is 8. The number of aliphatic hydroxyl groups excluding tert-OH is 1. The van der Waals surface area contributed by atoms with Crippen molar-refractivity contribution in [1.82, 2.24) is 30.5 Å². The molecule has 2 heterocycles. The smallest absolute Gasteiger partial charge is 0.408 e. The third-order valence-electron chi connectivity index (χ3n) is 3.88. The monoisotopic (exact) mass is 464 g/mol. The minimum absolute atomic E-state index is 0.0887. The Kier molecular flexibility index (Phi) is 7.21. The maximum absolute atomic E-state index is 13.8. The molecule has 0 aliphatic rings. The van der Waals surface area contributed by atoms with Gasteiger partial charge in [0.25, 0.3) is 5.88 Å². The van der Waals surface area contributed by atoms with Crippen molar-refractivity contribution in [3.05, 3.63) is 47.4 Å². The summed E-state index contributed by atoms with van der Waals surface area (Å²) in [5.41, 5.74) is -0.0256. The van der Waals surface area contributed by atoms with Gasteiger partial charge in [0.2, 0.25) is 5.82 Å². The highest BCUT2D eigenvalue weighted by molar-refractivity contribution is 6.30. The second kappa shape index (κ2) is 9.88. The summed E-state index contributed by atoms with van der Waals surface area (Å²) in [6.07, 6.45) is 0.632. The van der Waals surface area contributed by atoms with Gasteiger partial charge in [0.05, 0.1) is 24.2 Å². The molecule has 10 nitrogen and oxygen atoms in total. The molecule has 2 aromatic heterocycles. The molecule has 0 radical (unpaired) electrons. The van der Waals surface area contributed by atoms with Gasteiger partial charge in [0.15, 0.2) is 5.82 Å². The first-order chi connectivity index (χ1) is 15.1. The van der Waals surface area contributed by atoms with Crippen LogP contribution < -0.4 is 10.1 Å². The number of ether oxygens (including phenoxy) is 2. The molecule has 0 aliphatic heterocycles. The Bertz CT molecular complexity index is 1070. The van der Waals surface area contributed by atoms with E-state index in [0.29, 0.717) is 17.1 Å². The van der Waals surface area contributed by atoms with Crippen LogP contribution in [0.3, 0.4) is 0 Å². The van der Waals surface area contributed by atoms with Gasteiger partial charge in [-0.05, 0) is 56.3 Å². The van der Waals surface area contributed by atoms with Crippen molar-refractivity contribution in [2.24, 2.45) is 0 Å².